The molecule has 0 fully saturated rings. The Kier molecular flexibility index (Phi) is 3.08. The van der Waals surface area contributed by atoms with E-state index in [0.717, 1.165) is 0 Å². The van der Waals surface area contributed by atoms with Crippen LogP contribution in [0.4, 0.5) is 0 Å². The molecule has 0 aliphatic heterocycles. The number of hydrogen-bond donors (Lipinski definition) is 2. The summed E-state index contributed by atoms with van der Waals surface area (Å²) in [6.45, 7) is 0. The Morgan fingerprint density at radius 1 is 1.71 bits per heavy atom. The van der Waals surface area contributed by atoms with Crippen molar-refractivity contribution >= 4 is 27.2 Å². The second-order valence-corrected chi connectivity index (χ2v) is 2.88. The van der Waals surface area contributed by atoms with Gasteiger partial charge in [-0.25, -0.2) is 8.88 Å². The molecule has 0 aromatic rings. The molecular weight excluding hydrogens is 158 g/mol. The zero-order chi connectivity index (χ0) is 5.91. The Balaban J connectivity index is 3.57. The van der Waals surface area contributed by atoms with E-state index in [9.17, 15) is 4.57 Å². The molecule has 0 unspecified atom stereocenters. The van der Waals surface area contributed by atoms with Crippen LogP contribution >= 0.6 is 15.4 Å². The lowest BCUT2D eigenvalue weighted by molar-refractivity contribution is 0.297. The summed E-state index contributed by atoms with van der Waals surface area (Å²) in [4.78, 5) is 15.7. The fourth-order valence-electron chi connectivity index (χ4n) is 0.0434. The topological polar surface area (TPSA) is 66.8 Å². The van der Waals surface area contributed by atoms with Gasteiger partial charge in [0.1, 0.15) is 7.58 Å². The van der Waals surface area contributed by atoms with Gasteiger partial charge in [-0.3, -0.25) is 0 Å². The van der Waals surface area contributed by atoms with Gasteiger partial charge in [-0.05, 0) is 11.8 Å². The minimum absolute atomic E-state index is 0.171. The predicted molar refractivity (Wildman–Crippen MR) is 27.4 cm³/mol. The number of phosphoric acid groups is 1. The lowest BCUT2D eigenvalue weighted by Crippen LogP contribution is -1.70. The van der Waals surface area contributed by atoms with Crippen molar-refractivity contribution in [1.29, 1.82) is 0 Å². The normalized spacial score (nSPS) is 12.3. The smallest absolute Gasteiger partial charge is 0.302 e. The Labute approximate surface area is 46.7 Å². The molecule has 4 nitrogen and oxygen atoms in total. The molecular formula is H2O4P2S. The van der Waals surface area contributed by atoms with E-state index in [-0.39, 0.29) is 7.58 Å². The van der Waals surface area contributed by atoms with E-state index in [1.165, 1.54) is 0 Å². The Morgan fingerprint density at radius 2 is 2.14 bits per heavy atom. The molecule has 7 heteroatoms. The quantitative estimate of drug-likeness (QED) is 0.573. The van der Waals surface area contributed by atoms with Crippen molar-refractivity contribution in [3.63, 3.8) is 0 Å². The minimum atomic E-state index is -4.28. The van der Waals surface area contributed by atoms with E-state index in [1.54, 1.807) is 0 Å². The van der Waals surface area contributed by atoms with E-state index in [0.29, 0.717) is 0 Å². The summed E-state index contributed by atoms with van der Waals surface area (Å²) in [6.07, 6.45) is 0. The summed E-state index contributed by atoms with van der Waals surface area (Å²) in [5.74, 6) is 0. The van der Waals surface area contributed by atoms with Crippen LogP contribution in [0.15, 0.2) is 0 Å². The minimum Gasteiger partial charge on any atom is -0.302 e. The maximum atomic E-state index is 9.63. The first-order chi connectivity index (χ1) is 3.06. The lowest BCUT2D eigenvalue weighted by atomic mass is 15.7. The van der Waals surface area contributed by atoms with Gasteiger partial charge in [0.25, 0.3) is 0 Å². The molecule has 0 aromatic carbocycles. The van der Waals surface area contributed by atoms with Gasteiger partial charge in [-0.2, -0.15) is 0 Å². The highest BCUT2D eigenvalue weighted by Gasteiger charge is 2.10. The molecule has 7 heavy (non-hydrogen) atoms. The molecule has 0 rings (SSSR count). The standard InChI is InChI=1S/H2O4P2S/c1-6(2,3)4-5-7/h(H2,1,2,3). The van der Waals surface area contributed by atoms with Crippen LogP contribution in [-0.2, 0) is 20.7 Å². The van der Waals surface area contributed by atoms with Crippen molar-refractivity contribution in [2.75, 3.05) is 0 Å². The van der Waals surface area contributed by atoms with Crippen LogP contribution in [0, 0.1) is 0 Å². The highest BCUT2D eigenvalue weighted by Crippen LogP contribution is 2.39. The second-order valence-electron chi connectivity index (χ2n) is 0.647. The van der Waals surface area contributed by atoms with Crippen LogP contribution in [0.2, 0.25) is 0 Å². The van der Waals surface area contributed by atoms with Gasteiger partial charge in [-0.1, -0.05) is 0 Å². The predicted octanol–water partition coefficient (Wildman–Crippen LogP) is 0.419. The SMILES string of the molecule is O=P(O)(O)OP=S. The van der Waals surface area contributed by atoms with Crippen LogP contribution < -0.4 is 0 Å². The van der Waals surface area contributed by atoms with E-state index in [1.807, 2.05) is 0 Å². The fourth-order valence-corrected chi connectivity index (χ4v) is 1.17. The molecule has 0 radical (unpaired) electrons. The first-order valence-corrected chi connectivity index (χ1v) is 4.49. The largest absolute Gasteiger partial charge is 0.478 e. The molecule has 0 aromatic heterocycles. The zero-order valence-electron chi connectivity index (χ0n) is 3.01. The highest BCUT2D eigenvalue weighted by atomic mass is 32.4. The molecule has 0 saturated carbocycles. The molecule has 2 N–H and O–H groups in total. The monoisotopic (exact) mass is 160 g/mol. The average molecular weight is 160 g/mol. The molecule has 0 spiro atoms. The molecule has 0 atom stereocenters. The molecule has 0 amide bonds. The van der Waals surface area contributed by atoms with Gasteiger partial charge < -0.3 is 9.79 Å². The second kappa shape index (κ2) is 2.82. The summed E-state index contributed by atoms with van der Waals surface area (Å²) in [5.41, 5.74) is 0. The van der Waals surface area contributed by atoms with Gasteiger partial charge in [0.15, 0.2) is 0 Å². The van der Waals surface area contributed by atoms with Gasteiger partial charge >= 0.3 is 7.82 Å². The van der Waals surface area contributed by atoms with Gasteiger partial charge in [-0.15, -0.1) is 0 Å². The molecule has 0 aliphatic rings. The summed E-state index contributed by atoms with van der Waals surface area (Å²) in [6, 6.07) is 0. The van der Waals surface area contributed by atoms with E-state index in [2.05, 4.69) is 16.1 Å². The number of hydrogen-bond acceptors (Lipinski definition) is 3. The average Bonchev–Trinajstić information content (AvgIpc) is 1.30. The van der Waals surface area contributed by atoms with Gasteiger partial charge in [0, 0.05) is 0 Å². The lowest BCUT2D eigenvalue weighted by Gasteiger charge is -1.92. The first-order valence-electron chi connectivity index (χ1n) is 1.13. The van der Waals surface area contributed by atoms with Crippen molar-refractivity contribution in [3.05, 3.63) is 0 Å². The summed E-state index contributed by atoms with van der Waals surface area (Å²) in [7, 11) is -4.45. The first kappa shape index (κ1) is 7.63. The number of rotatable bonds is 2. The Hall–Kier alpha value is 0.630. The molecule has 0 heterocycles. The Bertz CT molecular complexity index is 102. The third-order valence-corrected chi connectivity index (χ3v) is 1.86. The highest BCUT2D eigenvalue weighted by molar-refractivity contribution is 7.95. The molecule has 42 valence electrons. The molecule has 0 bridgehead atoms. The molecule has 0 saturated heterocycles. The van der Waals surface area contributed by atoms with E-state index in [4.69, 9.17) is 9.79 Å². The third-order valence-electron chi connectivity index (χ3n) is 0.140. The fraction of sp³-hybridized carbons (Fsp3) is 0. The maximum absolute atomic E-state index is 9.63. The summed E-state index contributed by atoms with van der Waals surface area (Å²) in [5, 5.41) is 0. The summed E-state index contributed by atoms with van der Waals surface area (Å²) >= 11 is 4.06. The maximum Gasteiger partial charge on any atom is 0.478 e. The summed E-state index contributed by atoms with van der Waals surface area (Å²) < 4.78 is 13.3. The Morgan fingerprint density at radius 3 is 2.14 bits per heavy atom. The van der Waals surface area contributed by atoms with E-state index >= 15 is 0 Å². The van der Waals surface area contributed by atoms with Gasteiger partial charge in [0.2, 0.25) is 0 Å². The van der Waals surface area contributed by atoms with Crippen molar-refractivity contribution in [1.82, 2.24) is 0 Å². The van der Waals surface area contributed by atoms with Crippen LogP contribution in [0.25, 0.3) is 0 Å². The van der Waals surface area contributed by atoms with Crippen molar-refractivity contribution in [2.24, 2.45) is 0 Å². The van der Waals surface area contributed by atoms with Gasteiger partial charge in [0.05, 0.1) is 0 Å². The third kappa shape index (κ3) is 6.63. The van der Waals surface area contributed by atoms with Crippen LogP contribution in [0.5, 0.6) is 0 Å². The molecule has 0 aliphatic carbocycles. The van der Waals surface area contributed by atoms with E-state index < -0.39 is 7.82 Å². The van der Waals surface area contributed by atoms with Crippen molar-refractivity contribution < 1.29 is 18.7 Å². The zero-order valence-corrected chi connectivity index (χ0v) is 5.62. The van der Waals surface area contributed by atoms with Crippen LogP contribution in [0.3, 0.4) is 0 Å². The van der Waals surface area contributed by atoms with Crippen LogP contribution in [0.1, 0.15) is 0 Å². The van der Waals surface area contributed by atoms with Crippen molar-refractivity contribution in [2.45, 2.75) is 0 Å². The van der Waals surface area contributed by atoms with Crippen molar-refractivity contribution in [3.8, 4) is 0 Å². The van der Waals surface area contributed by atoms with Crippen LogP contribution in [-0.4, -0.2) is 9.79 Å².